The molecule has 0 bridgehead atoms. The molecule has 1 aromatic heterocycles. The van der Waals surface area contributed by atoms with Gasteiger partial charge in [0.25, 0.3) is 5.91 Å². The molecule has 3 amide bonds. The van der Waals surface area contributed by atoms with Crippen molar-refractivity contribution in [2.75, 3.05) is 39.9 Å². The number of methoxy groups -OCH3 is 1. The number of benzene rings is 1. The summed E-state index contributed by atoms with van der Waals surface area (Å²) in [6, 6.07) is 11.1. The van der Waals surface area contributed by atoms with Crippen LogP contribution in [0.2, 0.25) is 0 Å². The third-order valence-corrected chi connectivity index (χ3v) is 6.45. The Labute approximate surface area is 187 Å². The summed E-state index contributed by atoms with van der Waals surface area (Å²) in [6.07, 6.45) is 3.53. The van der Waals surface area contributed by atoms with E-state index in [1.807, 2.05) is 30.3 Å². The number of hydrogen-bond acceptors (Lipinski definition) is 5. The number of para-hydroxylation sites is 1. The Morgan fingerprint density at radius 1 is 1.09 bits per heavy atom. The Balaban J connectivity index is 1.58. The summed E-state index contributed by atoms with van der Waals surface area (Å²) >= 11 is 0. The molecule has 8 nitrogen and oxygen atoms in total. The van der Waals surface area contributed by atoms with Crippen molar-refractivity contribution in [1.29, 1.82) is 0 Å². The molecule has 0 spiro atoms. The van der Waals surface area contributed by atoms with E-state index in [4.69, 9.17) is 4.74 Å². The number of amides is 3. The normalized spacial score (nSPS) is 22.2. The van der Waals surface area contributed by atoms with Gasteiger partial charge in [0.05, 0.1) is 11.4 Å². The number of carbonyl (C=O) groups excluding carboxylic acids is 3. The molecule has 1 N–H and O–H groups in total. The average Bonchev–Trinajstić information content (AvgIpc) is 2.82. The summed E-state index contributed by atoms with van der Waals surface area (Å²) in [4.78, 5) is 47.0. The van der Waals surface area contributed by atoms with Gasteiger partial charge in [-0.05, 0) is 25.0 Å². The highest BCUT2D eigenvalue weighted by Crippen LogP contribution is 2.29. The highest BCUT2D eigenvalue weighted by molar-refractivity contribution is 5.95. The Hall–Kier alpha value is -3.00. The van der Waals surface area contributed by atoms with Crippen molar-refractivity contribution in [3.8, 4) is 0 Å². The van der Waals surface area contributed by atoms with Crippen LogP contribution < -0.4 is 5.32 Å². The van der Waals surface area contributed by atoms with Crippen molar-refractivity contribution in [3.63, 3.8) is 0 Å². The van der Waals surface area contributed by atoms with Crippen LogP contribution in [0.3, 0.4) is 0 Å². The molecular weight excluding hydrogens is 408 g/mol. The van der Waals surface area contributed by atoms with Gasteiger partial charge in [-0.15, -0.1) is 0 Å². The third kappa shape index (κ3) is 4.75. The summed E-state index contributed by atoms with van der Waals surface area (Å²) < 4.78 is 5.09. The number of aromatic nitrogens is 1. The fourth-order valence-corrected chi connectivity index (χ4v) is 4.81. The number of nitrogens with zero attached hydrogens (tertiary/aromatic N) is 3. The van der Waals surface area contributed by atoms with Gasteiger partial charge in [-0.1, -0.05) is 37.1 Å². The Kier molecular flexibility index (Phi) is 6.99. The summed E-state index contributed by atoms with van der Waals surface area (Å²) in [5.41, 5.74) is 1.12. The molecule has 170 valence electrons. The van der Waals surface area contributed by atoms with Gasteiger partial charge in [-0.25, -0.2) is 4.98 Å². The first kappa shape index (κ1) is 22.2. The molecule has 2 fully saturated rings. The monoisotopic (exact) mass is 438 g/mol. The topological polar surface area (TPSA) is 91.8 Å². The molecule has 1 aliphatic heterocycles. The molecule has 4 rings (SSSR count). The van der Waals surface area contributed by atoms with E-state index in [-0.39, 0.29) is 36.3 Å². The molecule has 2 aliphatic rings. The van der Waals surface area contributed by atoms with Gasteiger partial charge in [0.15, 0.2) is 0 Å². The lowest BCUT2D eigenvalue weighted by atomic mass is 9.82. The predicted octanol–water partition coefficient (Wildman–Crippen LogP) is 1.84. The summed E-state index contributed by atoms with van der Waals surface area (Å²) in [5.74, 6) is -0.601. The average molecular weight is 439 g/mol. The zero-order valence-corrected chi connectivity index (χ0v) is 18.5. The van der Waals surface area contributed by atoms with Gasteiger partial charge < -0.3 is 19.9 Å². The lowest BCUT2D eigenvalue weighted by Gasteiger charge is -2.41. The van der Waals surface area contributed by atoms with E-state index in [1.54, 1.807) is 15.9 Å². The second-order valence-electron chi connectivity index (χ2n) is 8.45. The Morgan fingerprint density at radius 2 is 1.91 bits per heavy atom. The fraction of sp³-hybridized carbons (Fsp3) is 0.500. The summed E-state index contributed by atoms with van der Waals surface area (Å²) in [5, 5.41) is 3.96. The molecule has 2 heterocycles. The van der Waals surface area contributed by atoms with Crippen LogP contribution in [-0.4, -0.2) is 78.4 Å². The third-order valence-electron chi connectivity index (χ3n) is 6.45. The van der Waals surface area contributed by atoms with Gasteiger partial charge in [0.1, 0.15) is 12.3 Å². The standard InChI is InChI=1S/C24H30N4O4/c1-32-16-22(29)28-15-14-27(13-12-25-23(30)18-7-3-5-9-21(18)28)24(31)20-11-10-17-6-2-4-8-19(17)26-20/h2,4,6,8,10-11,18,21H,3,5,7,9,12-16H2,1H3,(H,25,30). The second-order valence-corrected chi connectivity index (χ2v) is 8.45. The van der Waals surface area contributed by atoms with Crippen molar-refractivity contribution in [2.45, 2.75) is 31.7 Å². The lowest BCUT2D eigenvalue weighted by Crippen LogP contribution is -2.56. The fourth-order valence-electron chi connectivity index (χ4n) is 4.81. The van der Waals surface area contributed by atoms with Crippen LogP contribution in [0.15, 0.2) is 36.4 Å². The highest BCUT2D eigenvalue weighted by Gasteiger charge is 2.37. The minimum Gasteiger partial charge on any atom is -0.375 e. The number of ether oxygens (including phenoxy) is 1. The van der Waals surface area contributed by atoms with E-state index in [0.29, 0.717) is 31.9 Å². The highest BCUT2D eigenvalue weighted by atomic mass is 16.5. The first-order valence-corrected chi connectivity index (χ1v) is 11.3. The molecule has 1 saturated carbocycles. The molecule has 0 radical (unpaired) electrons. The van der Waals surface area contributed by atoms with Crippen molar-refractivity contribution < 1.29 is 19.1 Å². The van der Waals surface area contributed by atoms with Crippen LogP contribution in [0.25, 0.3) is 10.9 Å². The molecular formula is C24H30N4O4. The molecule has 1 saturated heterocycles. The number of rotatable bonds is 3. The molecule has 2 atom stereocenters. The second kappa shape index (κ2) is 10.1. The van der Waals surface area contributed by atoms with Crippen LogP contribution in [0, 0.1) is 5.92 Å². The maximum Gasteiger partial charge on any atom is 0.272 e. The Morgan fingerprint density at radius 3 is 2.75 bits per heavy atom. The minimum absolute atomic E-state index is 0.0367. The van der Waals surface area contributed by atoms with Gasteiger partial charge in [-0.3, -0.25) is 14.4 Å². The van der Waals surface area contributed by atoms with Gasteiger partial charge >= 0.3 is 0 Å². The summed E-state index contributed by atoms with van der Waals surface area (Å²) in [6.45, 7) is 1.46. The van der Waals surface area contributed by atoms with E-state index in [0.717, 1.165) is 36.6 Å². The molecule has 2 unspecified atom stereocenters. The van der Waals surface area contributed by atoms with Crippen molar-refractivity contribution >= 4 is 28.6 Å². The van der Waals surface area contributed by atoms with Gasteiger partial charge in [0.2, 0.25) is 11.8 Å². The molecule has 2 aromatic rings. The lowest BCUT2D eigenvalue weighted by molar-refractivity contribution is -0.142. The Bertz CT molecular complexity index is 995. The van der Waals surface area contributed by atoms with Crippen molar-refractivity contribution in [2.24, 2.45) is 5.92 Å². The van der Waals surface area contributed by atoms with Crippen LogP contribution >= 0.6 is 0 Å². The summed E-state index contributed by atoms with van der Waals surface area (Å²) in [7, 11) is 1.49. The van der Waals surface area contributed by atoms with E-state index in [2.05, 4.69) is 10.3 Å². The first-order valence-electron chi connectivity index (χ1n) is 11.3. The minimum atomic E-state index is -0.214. The van der Waals surface area contributed by atoms with E-state index >= 15 is 0 Å². The molecule has 8 heteroatoms. The van der Waals surface area contributed by atoms with Gasteiger partial charge in [-0.2, -0.15) is 0 Å². The van der Waals surface area contributed by atoms with Crippen molar-refractivity contribution in [3.05, 3.63) is 42.1 Å². The van der Waals surface area contributed by atoms with E-state index < -0.39 is 0 Å². The zero-order chi connectivity index (χ0) is 22.5. The first-order chi connectivity index (χ1) is 15.6. The number of carbonyl (C=O) groups is 3. The largest absolute Gasteiger partial charge is 0.375 e. The maximum absolute atomic E-state index is 13.3. The quantitative estimate of drug-likeness (QED) is 0.790. The van der Waals surface area contributed by atoms with E-state index in [1.165, 1.54) is 7.11 Å². The van der Waals surface area contributed by atoms with Crippen LogP contribution in [0.4, 0.5) is 0 Å². The maximum atomic E-state index is 13.3. The van der Waals surface area contributed by atoms with Crippen molar-refractivity contribution in [1.82, 2.24) is 20.1 Å². The van der Waals surface area contributed by atoms with Crippen LogP contribution in [-0.2, 0) is 14.3 Å². The van der Waals surface area contributed by atoms with Crippen LogP contribution in [0.1, 0.15) is 36.2 Å². The van der Waals surface area contributed by atoms with Crippen LogP contribution in [0.5, 0.6) is 0 Å². The number of pyridine rings is 1. The predicted molar refractivity (Wildman–Crippen MR) is 120 cm³/mol. The smallest absolute Gasteiger partial charge is 0.272 e. The van der Waals surface area contributed by atoms with E-state index in [9.17, 15) is 14.4 Å². The molecule has 32 heavy (non-hydrogen) atoms. The number of fused-ring (bicyclic) bond motifs is 2. The number of hydrogen-bond donors (Lipinski definition) is 1. The van der Waals surface area contributed by atoms with Gasteiger partial charge in [0, 0.05) is 44.7 Å². The zero-order valence-electron chi connectivity index (χ0n) is 18.5. The number of nitrogens with one attached hydrogen (secondary N) is 1. The SMILES string of the molecule is COCC(=O)N1CCN(C(=O)c2ccc3ccccc3n2)CCNC(=O)C2CCCCC21. The molecule has 1 aliphatic carbocycles. The molecule has 1 aromatic carbocycles.